The Bertz CT molecular complexity index is 895. The Hall–Kier alpha value is -3.15. The lowest BCUT2D eigenvalue weighted by molar-refractivity contribution is 0.104. The second-order valence-electron chi connectivity index (χ2n) is 5.49. The molecule has 0 aliphatic rings. The molecule has 0 fully saturated rings. The van der Waals surface area contributed by atoms with Crippen molar-refractivity contribution in [3.05, 3.63) is 60.4 Å². The van der Waals surface area contributed by atoms with Crippen molar-refractivity contribution < 1.29 is 9.53 Å². The van der Waals surface area contributed by atoms with Gasteiger partial charge in [0.15, 0.2) is 5.78 Å². The number of ketones is 1. The number of ether oxygens (including phenoxy) is 1. The summed E-state index contributed by atoms with van der Waals surface area (Å²) in [7, 11) is 5.35. The number of nitrogens with zero attached hydrogens (tertiary/aromatic N) is 4. The van der Waals surface area contributed by atoms with Crippen molar-refractivity contribution in [2.45, 2.75) is 0 Å². The Morgan fingerprint density at radius 2 is 1.96 bits per heavy atom. The molecule has 24 heavy (non-hydrogen) atoms. The van der Waals surface area contributed by atoms with Crippen LogP contribution in [0.4, 0.5) is 0 Å². The molecule has 0 amide bonds. The minimum atomic E-state index is -0.113. The summed E-state index contributed by atoms with van der Waals surface area (Å²) in [6, 6.07) is 11.1. The highest BCUT2D eigenvalue weighted by Crippen LogP contribution is 2.28. The van der Waals surface area contributed by atoms with Crippen LogP contribution in [0.15, 0.2) is 54.9 Å². The van der Waals surface area contributed by atoms with Crippen LogP contribution in [0.2, 0.25) is 0 Å². The Labute approximate surface area is 140 Å². The lowest BCUT2D eigenvalue weighted by Gasteiger charge is -2.04. The third-order valence-corrected chi connectivity index (χ3v) is 3.55. The van der Waals surface area contributed by atoms with E-state index in [0.717, 1.165) is 11.3 Å². The summed E-state index contributed by atoms with van der Waals surface area (Å²) in [5.74, 6) is 0.638. The molecule has 3 rings (SSSR count). The van der Waals surface area contributed by atoms with Gasteiger partial charge in [-0.25, -0.2) is 0 Å². The summed E-state index contributed by atoms with van der Waals surface area (Å²) in [6.45, 7) is 0. The second-order valence-corrected chi connectivity index (χ2v) is 5.49. The average Bonchev–Trinajstić information content (AvgIpc) is 2.99. The monoisotopic (exact) mass is 322 g/mol. The van der Waals surface area contributed by atoms with Gasteiger partial charge in [-0.1, -0.05) is 0 Å². The standard InChI is InChI=1S/C18H18N4O2/c1-21(2)12-10-16(23)17-15-5-4-11-19-22(15)20-18(17)13-6-8-14(24-3)9-7-13/h4-12H,1-3H3/b12-10+. The van der Waals surface area contributed by atoms with E-state index in [-0.39, 0.29) is 5.78 Å². The van der Waals surface area contributed by atoms with Crippen molar-refractivity contribution in [1.82, 2.24) is 19.7 Å². The van der Waals surface area contributed by atoms with Crippen molar-refractivity contribution in [1.29, 1.82) is 0 Å². The van der Waals surface area contributed by atoms with Crippen LogP contribution in [-0.2, 0) is 0 Å². The first-order valence-corrected chi connectivity index (χ1v) is 7.47. The fourth-order valence-corrected chi connectivity index (χ4v) is 2.39. The lowest BCUT2D eigenvalue weighted by Crippen LogP contribution is -2.04. The topological polar surface area (TPSA) is 59.7 Å². The van der Waals surface area contributed by atoms with E-state index in [4.69, 9.17) is 4.74 Å². The van der Waals surface area contributed by atoms with Gasteiger partial charge < -0.3 is 9.64 Å². The van der Waals surface area contributed by atoms with E-state index in [2.05, 4.69) is 10.2 Å². The summed E-state index contributed by atoms with van der Waals surface area (Å²) in [5.41, 5.74) is 2.65. The maximum Gasteiger partial charge on any atom is 0.191 e. The SMILES string of the molecule is COc1ccc(-c2nn3ncccc3c2C(=O)/C=C/N(C)C)cc1. The minimum absolute atomic E-state index is 0.113. The third-order valence-electron chi connectivity index (χ3n) is 3.55. The van der Waals surface area contributed by atoms with Gasteiger partial charge in [0.05, 0.1) is 18.2 Å². The molecule has 0 aliphatic carbocycles. The molecule has 6 nitrogen and oxygen atoms in total. The molecule has 0 N–H and O–H groups in total. The first-order chi connectivity index (χ1) is 11.6. The quantitative estimate of drug-likeness (QED) is 0.534. The van der Waals surface area contributed by atoms with Gasteiger partial charge >= 0.3 is 0 Å². The summed E-state index contributed by atoms with van der Waals surface area (Å²) >= 11 is 0. The van der Waals surface area contributed by atoms with Crippen molar-refractivity contribution in [3.63, 3.8) is 0 Å². The first kappa shape index (κ1) is 15.7. The maximum atomic E-state index is 12.7. The Morgan fingerprint density at radius 1 is 1.21 bits per heavy atom. The number of benzene rings is 1. The summed E-state index contributed by atoms with van der Waals surface area (Å²) in [4.78, 5) is 14.5. The molecular weight excluding hydrogens is 304 g/mol. The highest BCUT2D eigenvalue weighted by atomic mass is 16.5. The van der Waals surface area contributed by atoms with Crippen molar-refractivity contribution in [2.75, 3.05) is 21.2 Å². The Kier molecular flexibility index (Phi) is 4.29. The molecule has 0 spiro atoms. The number of carbonyl (C=O) groups excluding carboxylic acids is 1. The molecule has 0 radical (unpaired) electrons. The van der Waals surface area contributed by atoms with Crippen LogP contribution >= 0.6 is 0 Å². The molecular formula is C18H18N4O2. The molecule has 3 aromatic rings. The van der Waals surface area contributed by atoms with Crippen LogP contribution in [-0.4, -0.2) is 46.7 Å². The van der Waals surface area contributed by atoms with E-state index < -0.39 is 0 Å². The lowest BCUT2D eigenvalue weighted by atomic mass is 10.0. The predicted molar refractivity (Wildman–Crippen MR) is 92.1 cm³/mol. The molecule has 0 unspecified atom stereocenters. The second kappa shape index (κ2) is 6.54. The number of carbonyl (C=O) groups is 1. The van der Waals surface area contributed by atoms with Gasteiger partial charge in [-0.15, -0.1) is 5.10 Å². The smallest absolute Gasteiger partial charge is 0.191 e. The van der Waals surface area contributed by atoms with Crippen LogP contribution in [0.1, 0.15) is 10.4 Å². The van der Waals surface area contributed by atoms with E-state index >= 15 is 0 Å². The predicted octanol–water partition coefficient (Wildman–Crippen LogP) is 2.66. The summed E-state index contributed by atoms with van der Waals surface area (Å²) in [5, 5.41) is 8.68. The summed E-state index contributed by atoms with van der Waals surface area (Å²) < 4.78 is 6.67. The fourth-order valence-electron chi connectivity index (χ4n) is 2.39. The molecule has 6 heteroatoms. The normalized spacial score (nSPS) is 11.1. The van der Waals surface area contributed by atoms with Crippen LogP contribution in [0, 0.1) is 0 Å². The zero-order valence-corrected chi connectivity index (χ0v) is 13.8. The average molecular weight is 322 g/mol. The van der Waals surface area contributed by atoms with Gasteiger partial charge in [0.1, 0.15) is 11.4 Å². The van der Waals surface area contributed by atoms with Gasteiger partial charge in [-0.05, 0) is 36.4 Å². The molecule has 1 aromatic carbocycles. The van der Waals surface area contributed by atoms with Gasteiger partial charge in [-0.3, -0.25) is 4.79 Å². The van der Waals surface area contributed by atoms with E-state index in [1.807, 2.05) is 49.3 Å². The van der Waals surface area contributed by atoms with Gasteiger partial charge in [0, 0.05) is 38.1 Å². The van der Waals surface area contributed by atoms with Crippen LogP contribution < -0.4 is 4.74 Å². The van der Waals surface area contributed by atoms with E-state index in [1.165, 1.54) is 10.7 Å². The molecule has 122 valence electrons. The molecule has 0 saturated carbocycles. The highest BCUT2D eigenvalue weighted by molar-refractivity contribution is 6.13. The number of hydrogen-bond donors (Lipinski definition) is 0. The van der Waals surface area contributed by atoms with E-state index in [1.54, 1.807) is 25.6 Å². The summed E-state index contributed by atoms with van der Waals surface area (Å²) in [6.07, 6.45) is 4.90. The van der Waals surface area contributed by atoms with Crippen molar-refractivity contribution in [3.8, 4) is 17.0 Å². The molecule has 0 saturated heterocycles. The van der Waals surface area contributed by atoms with E-state index in [9.17, 15) is 4.79 Å². The Morgan fingerprint density at radius 3 is 2.62 bits per heavy atom. The number of aromatic nitrogens is 3. The number of methoxy groups -OCH3 is 1. The van der Waals surface area contributed by atoms with Gasteiger partial charge in [0.25, 0.3) is 0 Å². The molecule has 0 bridgehead atoms. The largest absolute Gasteiger partial charge is 0.497 e. The van der Waals surface area contributed by atoms with Crippen LogP contribution in [0.5, 0.6) is 5.75 Å². The maximum absolute atomic E-state index is 12.7. The number of fused-ring (bicyclic) bond motifs is 1. The van der Waals surface area contributed by atoms with Crippen molar-refractivity contribution in [2.24, 2.45) is 0 Å². The Balaban J connectivity index is 2.15. The van der Waals surface area contributed by atoms with Crippen molar-refractivity contribution >= 4 is 11.3 Å². The van der Waals surface area contributed by atoms with Crippen LogP contribution in [0.25, 0.3) is 16.8 Å². The first-order valence-electron chi connectivity index (χ1n) is 7.47. The van der Waals surface area contributed by atoms with Crippen LogP contribution in [0.3, 0.4) is 0 Å². The minimum Gasteiger partial charge on any atom is -0.497 e. The molecule has 0 atom stereocenters. The number of allylic oxidation sites excluding steroid dienone is 1. The fraction of sp³-hybridized carbons (Fsp3) is 0.167. The van der Waals surface area contributed by atoms with Gasteiger partial charge in [-0.2, -0.15) is 9.73 Å². The zero-order chi connectivity index (χ0) is 17.1. The third kappa shape index (κ3) is 2.99. The zero-order valence-electron chi connectivity index (χ0n) is 13.8. The molecule has 2 aromatic heterocycles. The highest BCUT2D eigenvalue weighted by Gasteiger charge is 2.19. The number of rotatable bonds is 5. The molecule has 2 heterocycles. The van der Waals surface area contributed by atoms with Gasteiger partial charge in [0.2, 0.25) is 0 Å². The molecule has 0 aliphatic heterocycles. The number of hydrogen-bond acceptors (Lipinski definition) is 5. The van der Waals surface area contributed by atoms with E-state index in [0.29, 0.717) is 16.8 Å².